The van der Waals surface area contributed by atoms with Gasteiger partial charge in [-0.15, -0.1) is 0 Å². The molecule has 136 valence electrons. The highest BCUT2D eigenvalue weighted by Crippen LogP contribution is 2.17. The average molecular weight is 365 g/mol. The van der Waals surface area contributed by atoms with Gasteiger partial charge >= 0.3 is 5.97 Å². The Morgan fingerprint density at radius 2 is 1.81 bits per heavy atom. The Bertz CT molecular complexity index is 1010. The van der Waals surface area contributed by atoms with Gasteiger partial charge in [-0.1, -0.05) is 30.3 Å². The van der Waals surface area contributed by atoms with Crippen molar-refractivity contribution in [3.63, 3.8) is 0 Å². The maximum Gasteiger partial charge on any atom is 0.326 e. The zero-order valence-electron chi connectivity index (χ0n) is 14.0. The van der Waals surface area contributed by atoms with Gasteiger partial charge in [0.1, 0.15) is 6.04 Å². The van der Waals surface area contributed by atoms with Gasteiger partial charge < -0.3 is 10.4 Å². The summed E-state index contributed by atoms with van der Waals surface area (Å²) < 4.78 is 0. The van der Waals surface area contributed by atoms with Crippen molar-refractivity contribution in [2.45, 2.75) is 12.5 Å². The summed E-state index contributed by atoms with van der Waals surface area (Å²) in [6, 6.07) is 13.0. The van der Waals surface area contributed by atoms with E-state index in [-0.39, 0.29) is 17.7 Å². The number of carbonyl (C=O) groups excluding carboxylic acids is 1. The van der Waals surface area contributed by atoms with Crippen LogP contribution in [-0.4, -0.2) is 32.9 Å². The van der Waals surface area contributed by atoms with E-state index in [9.17, 15) is 24.8 Å². The number of hydrogen-bond acceptors (Lipinski definition) is 5. The fraction of sp³-hybridized carbons (Fsp3) is 0.105. The molecule has 8 nitrogen and oxygen atoms in total. The second-order valence-corrected chi connectivity index (χ2v) is 5.87. The molecule has 3 rings (SSSR count). The minimum absolute atomic E-state index is 0.00272. The highest BCUT2D eigenvalue weighted by Gasteiger charge is 2.22. The number of carboxylic acids is 1. The lowest BCUT2D eigenvalue weighted by Gasteiger charge is -2.15. The van der Waals surface area contributed by atoms with Gasteiger partial charge in [0.25, 0.3) is 11.6 Å². The summed E-state index contributed by atoms with van der Waals surface area (Å²) in [6.45, 7) is 0. The number of carbonyl (C=O) groups is 2. The fourth-order valence-electron chi connectivity index (χ4n) is 2.71. The van der Waals surface area contributed by atoms with Crippen LogP contribution in [0.4, 0.5) is 5.69 Å². The third-order valence-corrected chi connectivity index (χ3v) is 4.07. The Kier molecular flexibility index (Phi) is 5.07. The first-order chi connectivity index (χ1) is 13.0. The minimum Gasteiger partial charge on any atom is -0.480 e. The summed E-state index contributed by atoms with van der Waals surface area (Å²) in [5, 5.41) is 23.4. The van der Waals surface area contributed by atoms with Gasteiger partial charge in [-0.3, -0.25) is 19.9 Å². The molecule has 0 spiro atoms. The van der Waals surface area contributed by atoms with Crippen LogP contribution in [0.25, 0.3) is 10.9 Å². The number of hydrogen-bond donors (Lipinski definition) is 2. The summed E-state index contributed by atoms with van der Waals surface area (Å²) >= 11 is 0. The molecular weight excluding hydrogens is 350 g/mol. The van der Waals surface area contributed by atoms with Crippen LogP contribution in [0, 0.1) is 10.1 Å². The standard InChI is InChI=1S/C19H15N3O5/c23-18(15-5-1-3-13-4-2-10-20-17(13)15)21-16(19(24)25)11-12-6-8-14(9-7-12)22(26)27/h1-10,16H,11H2,(H,21,23)(H,24,25)/t16-/m0/s1. The number of fused-ring (bicyclic) bond motifs is 1. The number of aliphatic carboxylic acids is 1. The van der Waals surface area contributed by atoms with Crippen LogP contribution in [-0.2, 0) is 11.2 Å². The molecule has 0 aliphatic rings. The summed E-state index contributed by atoms with van der Waals surface area (Å²) in [5.74, 6) is -1.75. The summed E-state index contributed by atoms with van der Waals surface area (Å²) in [6.07, 6.45) is 1.56. The van der Waals surface area contributed by atoms with E-state index in [2.05, 4.69) is 10.3 Å². The Balaban J connectivity index is 1.80. The molecule has 1 amide bonds. The fourth-order valence-corrected chi connectivity index (χ4v) is 2.71. The van der Waals surface area contributed by atoms with E-state index >= 15 is 0 Å². The topological polar surface area (TPSA) is 122 Å². The van der Waals surface area contributed by atoms with Crippen LogP contribution in [0.15, 0.2) is 60.8 Å². The number of pyridine rings is 1. The lowest BCUT2D eigenvalue weighted by Crippen LogP contribution is -2.42. The minimum atomic E-state index is -1.20. The van der Waals surface area contributed by atoms with E-state index in [1.165, 1.54) is 24.3 Å². The molecule has 1 atom stereocenters. The van der Waals surface area contributed by atoms with Crippen molar-refractivity contribution in [2.75, 3.05) is 0 Å². The van der Waals surface area contributed by atoms with E-state index in [1.54, 1.807) is 24.4 Å². The van der Waals surface area contributed by atoms with Gasteiger partial charge in [0.15, 0.2) is 0 Å². The molecule has 0 saturated heterocycles. The van der Waals surface area contributed by atoms with E-state index in [0.717, 1.165) is 5.39 Å². The number of nitrogens with zero attached hydrogens (tertiary/aromatic N) is 2. The zero-order valence-corrected chi connectivity index (χ0v) is 14.0. The van der Waals surface area contributed by atoms with E-state index in [0.29, 0.717) is 11.1 Å². The van der Waals surface area contributed by atoms with Gasteiger partial charge in [0, 0.05) is 30.1 Å². The average Bonchev–Trinajstić information content (AvgIpc) is 2.67. The molecule has 0 aliphatic carbocycles. The predicted molar refractivity (Wildman–Crippen MR) is 97.4 cm³/mol. The number of rotatable bonds is 6. The number of amides is 1. The second-order valence-electron chi connectivity index (χ2n) is 5.87. The molecule has 8 heteroatoms. The second kappa shape index (κ2) is 7.61. The monoisotopic (exact) mass is 365 g/mol. The number of benzene rings is 2. The molecule has 0 saturated carbocycles. The van der Waals surface area contributed by atoms with Crippen LogP contribution in [0.1, 0.15) is 15.9 Å². The normalized spacial score (nSPS) is 11.7. The van der Waals surface area contributed by atoms with Gasteiger partial charge in [-0.2, -0.15) is 0 Å². The van der Waals surface area contributed by atoms with Crippen LogP contribution in [0.5, 0.6) is 0 Å². The summed E-state index contributed by atoms with van der Waals surface area (Å²) in [5.41, 5.74) is 1.24. The van der Waals surface area contributed by atoms with Crippen molar-refractivity contribution in [2.24, 2.45) is 0 Å². The Hall–Kier alpha value is -3.81. The number of para-hydroxylation sites is 1. The Morgan fingerprint density at radius 1 is 1.11 bits per heavy atom. The van der Waals surface area contributed by atoms with Crippen molar-refractivity contribution in [3.05, 3.63) is 82.0 Å². The Labute approximate surface area is 153 Å². The Morgan fingerprint density at radius 3 is 2.48 bits per heavy atom. The first kappa shape index (κ1) is 18.0. The van der Waals surface area contributed by atoms with Gasteiger partial charge in [-0.25, -0.2) is 4.79 Å². The van der Waals surface area contributed by atoms with Crippen LogP contribution in [0.2, 0.25) is 0 Å². The summed E-state index contributed by atoms with van der Waals surface area (Å²) in [4.78, 5) is 38.5. The molecule has 1 aromatic heterocycles. The predicted octanol–water partition coefficient (Wildman–Crippen LogP) is 2.57. The highest BCUT2D eigenvalue weighted by atomic mass is 16.6. The van der Waals surface area contributed by atoms with Crippen molar-refractivity contribution in [1.29, 1.82) is 0 Å². The molecule has 0 bridgehead atoms. The third kappa shape index (κ3) is 4.06. The number of nitrogens with one attached hydrogen (secondary N) is 1. The molecule has 0 fully saturated rings. The molecule has 1 heterocycles. The smallest absolute Gasteiger partial charge is 0.326 e. The quantitative estimate of drug-likeness (QED) is 0.511. The maximum atomic E-state index is 12.6. The highest BCUT2D eigenvalue weighted by molar-refractivity contribution is 6.06. The van der Waals surface area contributed by atoms with E-state index in [1.807, 2.05) is 12.1 Å². The number of aromatic nitrogens is 1. The lowest BCUT2D eigenvalue weighted by molar-refractivity contribution is -0.384. The molecular formula is C19H15N3O5. The molecule has 0 unspecified atom stereocenters. The van der Waals surface area contributed by atoms with Gasteiger partial charge in [0.2, 0.25) is 0 Å². The van der Waals surface area contributed by atoms with Crippen molar-refractivity contribution >= 4 is 28.5 Å². The SMILES string of the molecule is O=C(N[C@@H](Cc1ccc([N+](=O)[O-])cc1)C(=O)O)c1cccc2cccnc12. The maximum absolute atomic E-state index is 12.6. The van der Waals surface area contributed by atoms with Crippen molar-refractivity contribution < 1.29 is 19.6 Å². The molecule has 3 aromatic rings. The number of non-ortho nitro benzene ring substituents is 1. The van der Waals surface area contributed by atoms with Gasteiger partial charge in [0.05, 0.1) is 16.0 Å². The molecule has 2 aromatic carbocycles. The van der Waals surface area contributed by atoms with Crippen LogP contribution >= 0.6 is 0 Å². The van der Waals surface area contributed by atoms with Crippen LogP contribution < -0.4 is 5.32 Å². The van der Waals surface area contributed by atoms with E-state index in [4.69, 9.17) is 0 Å². The zero-order chi connectivity index (χ0) is 19.4. The van der Waals surface area contributed by atoms with Gasteiger partial charge in [-0.05, 0) is 17.7 Å². The molecule has 2 N–H and O–H groups in total. The largest absolute Gasteiger partial charge is 0.480 e. The lowest BCUT2D eigenvalue weighted by atomic mass is 10.0. The molecule has 27 heavy (non-hydrogen) atoms. The number of carboxylic acid groups (broad SMARTS) is 1. The number of nitro benzene ring substituents is 1. The molecule has 0 aliphatic heterocycles. The van der Waals surface area contributed by atoms with E-state index < -0.39 is 22.8 Å². The third-order valence-electron chi connectivity index (χ3n) is 4.07. The number of nitro groups is 1. The first-order valence-corrected chi connectivity index (χ1v) is 8.06. The molecule has 0 radical (unpaired) electrons. The van der Waals surface area contributed by atoms with Crippen LogP contribution in [0.3, 0.4) is 0 Å². The van der Waals surface area contributed by atoms with Crippen molar-refractivity contribution in [3.8, 4) is 0 Å². The first-order valence-electron chi connectivity index (χ1n) is 8.06. The summed E-state index contributed by atoms with van der Waals surface area (Å²) in [7, 11) is 0. The van der Waals surface area contributed by atoms with Crippen molar-refractivity contribution in [1.82, 2.24) is 10.3 Å².